The predicted molar refractivity (Wildman–Crippen MR) is 116 cm³/mol. The Morgan fingerprint density at radius 3 is 2.52 bits per heavy atom. The SMILES string of the molecule is Cc1nn(-c2ccccc2)cc1CCCNC(=O)COc1ccc(C(C)C)cc1. The minimum Gasteiger partial charge on any atom is -0.484 e. The zero-order valence-corrected chi connectivity index (χ0v) is 17.4. The van der Waals surface area contributed by atoms with E-state index in [1.165, 1.54) is 11.1 Å². The van der Waals surface area contributed by atoms with Gasteiger partial charge < -0.3 is 10.1 Å². The minimum atomic E-state index is -0.102. The molecular formula is C24H29N3O2. The lowest BCUT2D eigenvalue weighted by Crippen LogP contribution is -2.29. The maximum absolute atomic E-state index is 12.0. The predicted octanol–water partition coefficient (Wildman–Crippen LogP) is 4.43. The highest BCUT2D eigenvalue weighted by atomic mass is 16.5. The molecule has 1 N–H and O–H groups in total. The van der Waals surface area contributed by atoms with E-state index >= 15 is 0 Å². The van der Waals surface area contributed by atoms with Crippen LogP contribution in [0.4, 0.5) is 0 Å². The lowest BCUT2D eigenvalue weighted by molar-refractivity contribution is -0.123. The molecule has 1 heterocycles. The van der Waals surface area contributed by atoms with Crippen LogP contribution in [-0.4, -0.2) is 28.8 Å². The summed E-state index contributed by atoms with van der Waals surface area (Å²) in [7, 11) is 0. The lowest BCUT2D eigenvalue weighted by atomic mass is 10.0. The van der Waals surface area contributed by atoms with Gasteiger partial charge in [0.2, 0.25) is 0 Å². The average Bonchev–Trinajstić information content (AvgIpc) is 3.11. The molecule has 0 saturated heterocycles. The molecule has 5 nitrogen and oxygen atoms in total. The largest absolute Gasteiger partial charge is 0.484 e. The number of hydrogen-bond donors (Lipinski definition) is 1. The highest BCUT2D eigenvalue weighted by Gasteiger charge is 2.07. The summed E-state index contributed by atoms with van der Waals surface area (Å²) in [6.45, 7) is 6.97. The Labute approximate surface area is 172 Å². The van der Waals surface area contributed by atoms with Gasteiger partial charge in [-0.15, -0.1) is 0 Å². The van der Waals surface area contributed by atoms with E-state index in [1.54, 1.807) is 0 Å². The van der Waals surface area contributed by atoms with E-state index < -0.39 is 0 Å². The second-order valence-electron chi connectivity index (χ2n) is 7.49. The Kier molecular flexibility index (Phi) is 7.06. The van der Waals surface area contributed by atoms with Gasteiger partial charge in [-0.25, -0.2) is 4.68 Å². The molecule has 1 amide bonds. The van der Waals surface area contributed by atoms with Gasteiger partial charge in [-0.2, -0.15) is 5.10 Å². The number of nitrogens with zero attached hydrogens (tertiary/aromatic N) is 2. The molecule has 2 aromatic carbocycles. The van der Waals surface area contributed by atoms with Gasteiger partial charge in [-0.05, 0) is 61.1 Å². The fraction of sp³-hybridized carbons (Fsp3) is 0.333. The smallest absolute Gasteiger partial charge is 0.257 e. The molecule has 0 aliphatic carbocycles. The molecule has 0 aliphatic rings. The standard InChI is InChI=1S/C24H29N3O2/c1-18(2)20-11-13-23(14-12-20)29-17-24(28)25-15-7-8-21-16-27(26-19(21)3)22-9-5-4-6-10-22/h4-6,9-14,16,18H,7-8,15,17H2,1-3H3,(H,25,28). The maximum Gasteiger partial charge on any atom is 0.257 e. The van der Waals surface area contributed by atoms with Gasteiger partial charge in [0.05, 0.1) is 11.4 Å². The van der Waals surface area contributed by atoms with Crippen molar-refractivity contribution in [2.45, 2.75) is 39.5 Å². The van der Waals surface area contributed by atoms with Gasteiger partial charge in [0.1, 0.15) is 5.75 Å². The Hall–Kier alpha value is -3.08. The zero-order valence-electron chi connectivity index (χ0n) is 17.4. The van der Waals surface area contributed by atoms with Crippen molar-refractivity contribution in [3.8, 4) is 11.4 Å². The third kappa shape index (κ3) is 5.95. The Morgan fingerprint density at radius 1 is 1.10 bits per heavy atom. The van der Waals surface area contributed by atoms with E-state index in [4.69, 9.17) is 4.74 Å². The first kappa shape index (κ1) is 20.6. The summed E-state index contributed by atoms with van der Waals surface area (Å²) in [4.78, 5) is 12.0. The van der Waals surface area contributed by atoms with E-state index in [2.05, 4.69) is 30.5 Å². The molecule has 1 aromatic heterocycles. The molecular weight excluding hydrogens is 362 g/mol. The van der Waals surface area contributed by atoms with Crippen molar-refractivity contribution in [2.24, 2.45) is 0 Å². The molecule has 0 aliphatic heterocycles. The van der Waals surface area contributed by atoms with Crippen LogP contribution in [0.25, 0.3) is 5.69 Å². The van der Waals surface area contributed by atoms with E-state index in [-0.39, 0.29) is 12.5 Å². The molecule has 29 heavy (non-hydrogen) atoms. The molecule has 3 aromatic rings. The molecule has 152 valence electrons. The first-order valence-electron chi connectivity index (χ1n) is 10.1. The number of benzene rings is 2. The van der Waals surface area contributed by atoms with Gasteiger partial charge in [0.25, 0.3) is 5.91 Å². The first-order chi connectivity index (χ1) is 14.0. The number of hydrogen-bond acceptors (Lipinski definition) is 3. The highest BCUT2D eigenvalue weighted by molar-refractivity contribution is 5.77. The third-order valence-corrected chi connectivity index (χ3v) is 4.88. The number of aromatic nitrogens is 2. The monoisotopic (exact) mass is 391 g/mol. The fourth-order valence-electron chi connectivity index (χ4n) is 3.11. The van der Waals surface area contributed by atoms with Gasteiger partial charge in [0, 0.05) is 12.7 Å². The topological polar surface area (TPSA) is 56.2 Å². The van der Waals surface area contributed by atoms with Crippen molar-refractivity contribution < 1.29 is 9.53 Å². The molecule has 5 heteroatoms. The Morgan fingerprint density at radius 2 is 1.83 bits per heavy atom. The number of nitrogens with one attached hydrogen (secondary N) is 1. The molecule has 0 unspecified atom stereocenters. The highest BCUT2D eigenvalue weighted by Crippen LogP contribution is 2.18. The molecule has 0 atom stereocenters. The van der Waals surface area contributed by atoms with Crippen LogP contribution in [0, 0.1) is 6.92 Å². The number of ether oxygens (including phenoxy) is 1. The normalized spacial score (nSPS) is 10.9. The second kappa shape index (κ2) is 9.92. The molecule has 0 fully saturated rings. The Balaban J connectivity index is 1.39. The summed E-state index contributed by atoms with van der Waals surface area (Å²) in [6.07, 6.45) is 3.79. The average molecular weight is 392 g/mol. The summed E-state index contributed by atoms with van der Waals surface area (Å²) in [5, 5.41) is 7.50. The molecule has 0 bridgehead atoms. The van der Waals surface area contributed by atoms with Crippen LogP contribution in [0.5, 0.6) is 5.75 Å². The van der Waals surface area contributed by atoms with Crippen LogP contribution in [-0.2, 0) is 11.2 Å². The summed E-state index contributed by atoms with van der Waals surface area (Å²) in [5.74, 6) is 1.10. The molecule has 0 spiro atoms. The lowest BCUT2D eigenvalue weighted by Gasteiger charge is -2.09. The molecule has 0 radical (unpaired) electrons. The van der Waals surface area contributed by atoms with Gasteiger partial charge in [-0.3, -0.25) is 4.79 Å². The number of amides is 1. The summed E-state index contributed by atoms with van der Waals surface area (Å²) in [6, 6.07) is 18.0. The van der Waals surface area contributed by atoms with E-state index in [0.717, 1.165) is 24.2 Å². The van der Waals surface area contributed by atoms with Gasteiger partial charge >= 0.3 is 0 Å². The van der Waals surface area contributed by atoms with Gasteiger partial charge in [-0.1, -0.05) is 44.2 Å². The minimum absolute atomic E-state index is 0.0337. The third-order valence-electron chi connectivity index (χ3n) is 4.88. The van der Waals surface area contributed by atoms with Crippen LogP contribution < -0.4 is 10.1 Å². The van der Waals surface area contributed by atoms with Crippen LogP contribution in [0.1, 0.15) is 43.0 Å². The molecule has 3 rings (SSSR count). The maximum atomic E-state index is 12.0. The van der Waals surface area contributed by atoms with Crippen LogP contribution in [0.3, 0.4) is 0 Å². The summed E-state index contributed by atoms with van der Waals surface area (Å²) in [5.41, 5.74) is 4.53. The number of carbonyl (C=O) groups excluding carboxylic acids is 1. The summed E-state index contributed by atoms with van der Waals surface area (Å²) < 4.78 is 7.47. The summed E-state index contributed by atoms with van der Waals surface area (Å²) >= 11 is 0. The van der Waals surface area contributed by atoms with Crippen molar-refractivity contribution in [2.75, 3.05) is 13.2 Å². The molecule has 0 saturated carbocycles. The van der Waals surface area contributed by atoms with Crippen LogP contribution in [0.2, 0.25) is 0 Å². The van der Waals surface area contributed by atoms with Crippen molar-refractivity contribution in [1.29, 1.82) is 0 Å². The van der Waals surface area contributed by atoms with Crippen molar-refractivity contribution in [3.63, 3.8) is 0 Å². The number of rotatable bonds is 9. The van der Waals surface area contributed by atoms with Gasteiger partial charge in [0.15, 0.2) is 6.61 Å². The Bertz CT molecular complexity index is 915. The quantitative estimate of drug-likeness (QED) is 0.549. The number of aryl methyl sites for hydroxylation is 2. The van der Waals surface area contributed by atoms with E-state index in [1.807, 2.05) is 66.2 Å². The first-order valence-corrected chi connectivity index (χ1v) is 10.1. The second-order valence-corrected chi connectivity index (χ2v) is 7.49. The van der Waals surface area contributed by atoms with Crippen molar-refractivity contribution in [1.82, 2.24) is 15.1 Å². The number of para-hydroxylation sites is 1. The van der Waals surface area contributed by atoms with E-state index in [9.17, 15) is 4.79 Å². The van der Waals surface area contributed by atoms with Crippen LogP contribution in [0.15, 0.2) is 60.8 Å². The number of carbonyl (C=O) groups is 1. The van der Waals surface area contributed by atoms with Crippen molar-refractivity contribution >= 4 is 5.91 Å². The van der Waals surface area contributed by atoms with Crippen molar-refractivity contribution in [3.05, 3.63) is 77.6 Å². The fourth-order valence-corrected chi connectivity index (χ4v) is 3.11. The van der Waals surface area contributed by atoms with Crippen LogP contribution >= 0.6 is 0 Å². The zero-order chi connectivity index (χ0) is 20.6. The van der Waals surface area contributed by atoms with E-state index in [0.29, 0.717) is 18.2 Å².